The predicted molar refractivity (Wildman–Crippen MR) is 92.1 cm³/mol. The molecule has 0 aliphatic carbocycles. The third-order valence-corrected chi connectivity index (χ3v) is 4.60. The fraction of sp³-hybridized carbons (Fsp3) is 0.667. The van der Waals surface area contributed by atoms with Crippen LogP contribution in [0.4, 0.5) is 5.69 Å². The Morgan fingerprint density at radius 3 is 2.71 bits per heavy atom. The van der Waals surface area contributed by atoms with Crippen LogP contribution in [0, 0.1) is 6.92 Å². The van der Waals surface area contributed by atoms with Crippen molar-refractivity contribution >= 4 is 5.69 Å². The van der Waals surface area contributed by atoms with Gasteiger partial charge in [0.25, 0.3) is 0 Å². The molecule has 0 spiro atoms. The minimum atomic E-state index is 0.636. The maximum Gasteiger partial charge on any atom is 0.0414 e. The van der Waals surface area contributed by atoms with E-state index in [2.05, 4.69) is 61.1 Å². The first-order valence-corrected chi connectivity index (χ1v) is 8.41. The molecular formula is C18H31N3. The molecule has 0 amide bonds. The number of hydrogen-bond donors (Lipinski definition) is 1. The maximum absolute atomic E-state index is 3.42. The van der Waals surface area contributed by atoms with E-state index < -0.39 is 0 Å². The van der Waals surface area contributed by atoms with E-state index in [1.807, 2.05) is 0 Å². The molecule has 0 saturated carbocycles. The van der Waals surface area contributed by atoms with Gasteiger partial charge in [-0.1, -0.05) is 19.9 Å². The molecule has 1 aromatic carbocycles. The van der Waals surface area contributed by atoms with Crippen molar-refractivity contribution in [2.75, 3.05) is 38.1 Å². The summed E-state index contributed by atoms with van der Waals surface area (Å²) in [7, 11) is 2.25. The van der Waals surface area contributed by atoms with Gasteiger partial charge in [-0.3, -0.25) is 0 Å². The van der Waals surface area contributed by atoms with Crippen LogP contribution in [0.3, 0.4) is 0 Å². The molecule has 1 aliphatic rings. The first-order chi connectivity index (χ1) is 10.2. The first-order valence-electron chi connectivity index (χ1n) is 8.41. The molecule has 1 heterocycles. The van der Waals surface area contributed by atoms with Crippen LogP contribution in [0.5, 0.6) is 0 Å². The molecule has 21 heavy (non-hydrogen) atoms. The van der Waals surface area contributed by atoms with Gasteiger partial charge in [-0.05, 0) is 63.2 Å². The lowest BCUT2D eigenvalue weighted by Crippen LogP contribution is -2.39. The van der Waals surface area contributed by atoms with Gasteiger partial charge in [0.2, 0.25) is 0 Å². The Kier molecular flexibility index (Phi) is 6.07. The van der Waals surface area contributed by atoms with E-state index in [0.717, 1.165) is 13.1 Å². The minimum Gasteiger partial charge on any atom is -0.367 e. The summed E-state index contributed by atoms with van der Waals surface area (Å²) >= 11 is 0. The zero-order chi connectivity index (χ0) is 15.2. The van der Waals surface area contributed by atoms with Crippen molar-refractivity contribution in [1.82, 2.24) is 10.2 Å². The number of nitrogens with one attached hydrogen (secondary N) is 1. The van der Waals surface area contributed by atoms with E-state index in [1.165, 1.54) is 49.3 Å². The molecule has 3 nitrogen and oxygen atoms in total. The SMILES string of the molecule is CCNCc1ccc(N2CCCN(C)CC2CC)cc1C. The van der Waals surface area contributed by atoms with Crippen LogP contribution in [0.15, 0.2) is 18.2 Å². The molecule has 1 saturated heterocycles. The topological polar surface area (TPSA) is 18.5 Å². The Morgan fingerprint density at radius 1 is 1.24 bits per heavy atom. The Hall–Kier alpha value is -1.06. The Morgan fingerprint density at radius 2 is 2.05 bits per heavy atom. The van der Waals surface area contributed by atoms with Gasteiger partial charge < -0.3 is 15.1 Å². The molecule has 2 rings (SSSR count). The van der Waals surface area contributed by atoms with E-state index in [0.29, 0.717) is 6.04 Å². The van der Waals surface area contributed by atoms with Crippen LogP contribution < -0.4 is 10.2 Å². The lowest BCUT2D eigenvalue weighted by molar-refractivity contribution is 0.328. The number of hydrogen-bond acceptors (Lipinski definition) is 3. The molecule has 0 radical (unpaired) electrons. The predicted octanol–water partition coefficient (Wildman–Crippen LogP) is 3.03. The van der Waals surface area contributed by atoms with E-state index >= 15 is 0 Å². The minimum absolute atomic E-state index is 0.636. The van der Waals surface area contributed by atoms with Crippen LogP contribution in [0.25, 0.3) is 0 Å². The summed E-state index contributed by atoms with van der Waals surface area (Å²) < 4.78 is 0. The fourth-order valence-corrected chi connectivity index (χ4v) is 3.25. The summed E-state index contributed by atoms with van der Waals surface area (Å²) in [4.78, 5) is 5.09. The zero-order valence-electron chi connectivity index (χ0n) is 14.2. The van der Waals surface area contributed by atoms with Crippen LogP contribution in [-0.2, 0) is 6.54 Å². The third kappa shape index (κ3) is 4.21. The number of anilines is 1. The van der Waals surface area contributed by atoms with E-state index in [4.69, 9.17) is 0 Å². The summed E-state index contributed by atoms with van der Waals surface area (Å²) in [5.41, 5.74) is 4.22. The molecule has 3 heteroatoms. The Bertz CT molecular complexity index is 444. The van der Waals surface area contributed by atoms with Gasteiger partial charge in [0.15, 0.2) is 0 Å². The number of nitrogens with zero attached hydrogens (tertiary/aromatic N) is 2. The van der Waals surface area contributed by atoms with E-state index in [9.17, 15) is 0 Å². The zero-order valence-corrected chi connectivity index (χ0v) is 14.2. The normalized spacial score (nSPS) is 20.6. The van der Waals surface area contributed by atoms with Gasteiger partial charge >= 0.3 is 0 Å². The molecule has 1 atom stereocenters. The lowest BCUT2D eigenvalue weighted by Gasteiger charge is -2.32. The van der Waals surface area contributed by atoms with Crippen molar-refractivity contribution in [3.63, 3.8) is 0 Å². The standard InChI is InChI=1S/C18H31N3/c1-5-17-14-20(4)10-7-11-21(17)18-9-8-16(13-19-6-2)15(3)12-18/h8-9,12,17,19H,5-7,10-11,13-14H2,1-4H3. The van der Waals surface area contributed by atoms with Gasteiger partial charge in [-0.15, -0.1) is 0 Å². The molecule has 1 unspecified atom stereocenters. The molecule has 1 aromatic rings. The molecule has 118 valence electrons. The summed E-state index contributed by atoms with van der Waals surface area (Å²) in [6.45, 7) is 12.3. The van der Waals surface area contributed by atoms with E-state index in [1.54, 1.807) is 0 Å². The van der Waals surface area contributed by atoms with Crippen molar-refractivity contribution < 1.29 is 0 Å². The van der Waals surface area contributed by atoms with Crippen molar-refractivity contribution in [3.8, 4) is 0 Å². The highest BCUT2D eigenvalue weighted by Gasteiger charge is 2.22. The summed E-state index contributed by atoms with van der Waals surface area (Å²) in [6.07, 6.45) is 2.47. The number of benzene rings is 1. The quantitative estimate of drug-likeness (QED) is 0.899. The number of aryl methyl sites for hydroxylation is 1. The fourth-order valence-electron chi connectivity index (χ4n) is 3.25. The van der Waals surface area contributed by atoms with Crippen molar-refractivity contribution in [2.45, 2.75) is 46.2 Å². The smallest absolute Gasteiger partial charge is 0.0414 e. The van der Waals surface area contributed by atoms with Crippen LogP contribution in [0.1, 0.15) is 37.8 Å². The molecule has 1 fully saturated rings. The van der Waals surface area contributed by atoms with Crippen LogP contribution in [-0.4, -0.2) is 44.2 Å². The van der Waals surface area contributed by atoms with Gasteiger partial charge in [-0.2, -0.15) is 0 Å². The first kappa shape index (κ1) is 16.3. The second-order valence-electron chi connectivity index (χ2n) is 6.26. The molecular weight excluding hydrogens is 258 g/mol. The van der Waals surface area contributed by atoms with Crippen LogP contribution in [0.2, 0.25) is 0 Å². The van der Waals surface area contributed by atoms with Gasteiger partial charge in [0.05, 0.1) is 0 Å². The highest BCUT2D eigenvalue weighted by molar-refractivity contribution is 5.52. The maximum atomic E-state index is 3.42. The highest BCUT2D eigenvalue weighted by atomic mass is 15.2. The summed E-state index contributed by atoms with van der Waals surface area (Å²) in [5, 5.41) is 3.42. The average Bonchev–Trinajstić information content (AvgIpc) is 2.67. The van der Waals surface area contributed by atoms with E-state index in [-0.39, 0.29) is 0 Å². The highest BCUT2D eigenvalue weighted by Crippen LogP contribution is 2.24. The largest absolute Gasteiger partial charge is 0.367 e. The Labute approximate surface area is 130 Å². The number of likely N-dealkylation sites (N-methyl/N-ethyl adjacent to an activating group) is 1. The average molecular weight is 289 g/mol. The van der Waals surface area contributed by atoms with Gasteiger partial charge in [-0.25, -0.2) is 0 Å². The molecule has 0 bridgehead atoms. The second kappa shape index (κ2) is 7.81. The van der Waals surface area contributed by atoms with Crippen LogP contribution >= 0.6 is 0 Å². The van der Waals surface area contributed by atoms with Gasteiger partial charge in [0.1, 0.15) is 0 Å². The summed E-state index contributed by atoms with van der Waals surface area (Å²) in [6, 6.07) is 7.62. The van der Waals surface area contributed by atoms with Crippen molar-refractivity contribution in [3.05, 3.63) is 29.3 Å². The second-order valence-corrected chi connectivity index (χ2v) is 6.26. The van der Waals surface area contributed by atoms with Crippen molar-refractivity contribution in [2.24, 2.45) is 0 Å². The third-order valence-electron chi connectivity index (χ3n) is 4.60. The summed E-state index contributed by atoms with van der Waals surface area (Å²) in [5.74, 6) is 0. The molecule has 0 aromatic heterocycles. The molecule has 1 N–H and O–H groups in total. The monoisotopic (exact) mass is 289 g/mol. The lowest BCUT2D eigenvalue weighted by atomic mass is 10.1. The Balaban J connectivity index is 2.17. The van der Waals surface area contributed by atoms with Gasteiger partial charge in [0, 0.05) is 31.4 Å². The van der Waals surface area contributed by atoms with Crippen molar-refractivity contribution in [1.29, 1.82) is 0 Å². The molecule has 1 aliphatic heterocycles. The number of rotatable bonds is 5.